The van der Waals surface area contributed by atoms with Crippen molar-refractivity contribution >= 4 is 34.9 Å². The third-order valence-corrected chi connectivity index (χ3v) is 14.5. The van der Waals surface area contributed by atoms with Gasteiger partial charge in [-0.1, -0.05) is 103 Å². The summed E-state index contributed by atoms with van der Waals surface area (Å²) in [4.78, 5) is 8.21. The van der Waals surface area contributed by atoms with Crippen LogP contribution in [-0.2, 0) is 5.41 Å². The molecule has 4 aromatic rings. The summed E-state index contributed by atoms with van der Waals surface area (Å²) in [6.07, 6.45) is 6.40. The Morgan fingerprint density at radius 1 is 0.550 bits per heavy atom. The maximum absolute atomic E-state index is 2.66. The first-order valence-electron chi connectivity index (χ1n) is 14.8. The van der Waals surface area contributed by atoms with Gasteiger partial charge in [0.2, 0.25) is 0 Å². The van der Waals surface area contributed by atoms with Crippen LogP contribution in [0.15, 0.2) is 107 Å². The maximum atomic E-state index is 2.66. The Morgan fingerprint density at radius 3 is 1.45 bits per heavy atom. The molecule has 0 N–H and O–H groups in total. The van der Waals surface area contributed by atoms with Crippen molar-refractivity contribution in [2.45, 2.75) is 58.1 Å². The molecule has 2 nitrogen and oxygen atoms in total. The summed E-state index contributed by atoms with van der Waals surface area (Å²) in [5.74, 6) is 0. The smallest absolute Gasteiger partial charge is 0.0862 e. The zero-order valence-electron chi connectivity index (χ0n) is 23.1. The molecule has 2 heterocycles. The van der Waals surface area contributed by atoms with Gasteiger partial charge in [-0.05, 0) is 72.2 Å². The van der Waals surface area contributed by atoms with Crippen LogP contribution in [-0.4, -0.2) is 24.8 Å². The van der Waals surface area contributed by atoms with Crippen molar-refractivity contribution < 1.29 is 0 Å². The first-order valence-corrected chi connectivity index (χ1v) is 16.5. The Kier molecular flexibility index (Phi) is 4.85. The number of benzene rings is 4. The standard InChI is InChI=1S/C36H34N2S2/c1-37-28-16-7-9-18-30(28)39-32(37)34-20-11-21-35(23-22-34,33-38(2)29-17-8-10-19-31(29)40-33)36(34)26-14-5-3-12-24(26)25-13-4-6-15-27(25)36/h3-10,12-19,32-33H,11,20-23H2,1-2H3. The third kappa shape index (κ3) is 2.58. The zero-order valence-corrected chi connectivity index (χ0v) is 24.8. The second-order valence-electron chi connectivity index (χ2n) is 12.6. The van der Waals surface area contributed by atoms with E-state index in [0.717, 1.165) is 0 Å². The van der Waals surface area contributed by atoms with Crippen molar-refractivity contribution in [2.24, 2.45) is 10.8 Å². The van der Waals surface area contributed by atoms with Crippen LogP contribution in [0.1, 0.15) is 43.2 Å². The largest absolute Gasteiger partial charge is 0.361 e. The number of rotatable bonds is 2. The van der Waals surface area contributed by atoms with Crippen molar-refractivity contribution in [1.29, 1.82) is 0 Å². The number of hydrogen-bond acceptors (Lipinski definition) is 4. The fourth-order valence-electron chi connectivity index (χ4n) is 10.1. The van der Waals surface area contributed by atoms with Gasteiger partial charge >= 0.3 is 0 Å². The molecule has 2 bridgehead atoms. The van der Waals surface area contributed by atoms with Crippen LogP contribution in [0, 0.1) is 10.8 Å². The molecule has 4 atom stereocenters. The van der Waals surface area contributed by atoms with Crippen LogP contribution in [0.4, 0.5) is 11.4 Å². The molecule has 4 unspecified atom stereocenters. The van der Waals surface area contributed by atoms with Crippen molar-refractivity contribution in [3.8, 4) is 11.1 Å². The quantitative estimate of drug-likeness (QED) is 0.242. The van der Waals surface area contributed by atoms with Gasteiger partial charge in [-0.2, -0.15) is 0 Å². The van der Waals surface area contributed by atoms with Crippen molar-refractivity contribution in [1.82, 2.24) is 0 Å². The molecular weight excluding hydrogens is 525 g/mol. The van der Waals surface area contributed by atoms with Crippen molar-refractivity contribution in [3.63, 3.8) is 0 Å². The Balaban J connectivity index is 1.35. The minimum absolute atomic E-state index is 0.0482. The van der Waals surface area contributed by atoms with Gasteiger partial charge in [-0.15, -0.1) is 0 Å². The Labute approximate surface area is 246 Å². The lowest BCUT2D eigenvalue weighted by atomic mass is 9.46. The topological polar surface area (TPSA) is 6.48 Å². The van der Waals surface area contributed by atoms with Gasteiger partial charge in [0, 0.05) is 40.1 Å². The van der Waals surface area contributed by atoms with E-state index in [0.29, 0.717) is 10.7 Å². The van der Waals surface area contributed by atoms with Crippen LogP contribution in [0.2, 0.25) is 0 Å². The zero-order chi connectivity index (χ0) is 26.7. The maximum Gasteiger partial charge on any atom is 0.0862 e. The van der Waals surface area contributed by atoms with Gasteiger partial charge in [-0.25, -0.2) is 0 Å². The highest BCUT2D eigenvalue weighted by atomic mass is 32.2. The molecule has 4 heteroatoms. The fourth-order valence-corrected chi connectivity index (χ4v) is 13.4. The molecule has 5 aliphatic rings. The first kappa shape index (κ1) is 23.8. The number of anilines is 2. The van der Waals surface area contributed by atoms with Gasteiger partial charge in [0.1, 0.15) is 0 Å². The van der Waals surface area contributed by atoms with Crippen LogP contribution in [0.3, 0.4) is 0 Å². The number of para-hydroxylation sites is 2. The van der Waals surface area contributed by atoms with E-state index in [4.69, 9.17) is 0 Å². The molecular formula is C36H34N2S2. The van der Waals surface area contributed by atoms with E-state index in [9.17, 15) is 0 Å². The summed E-state index contributed by atoms with van der Waals surface area (Å²) in [7, 11) is 4.75. The first-order chi connectivity index (χ1) is 19.6. The molecule has 0 aromatic heterocycles. The highest BCUT2D eigenvalue weighted by Gasteiger charge is 2.77. The summed E-state index contributed by atoms with van der Waals surface area (Å²) < 4.78 is 0. The lowest BCUT2D eigenvalue weighted by Gasteiger charge is -2.62. The SMILES string of the molecule is CN1c2ccccc2SC1C12CCCC(C3Sc4ccccc4N3C)(CC1)C21c2ccccc2-c2ccccc21. The van der Waals surface area contributed by atoms with E-state index in [-0.39, 0.29) is 16.2 Å². The van der Waals surface area contributed by atoms with E-state index < -0.39 is 0 Å². The van der Waals surface area contributed by atoms with Gasteiger partial charge in [-0.3, -0.25) is 0 Å². The molecule has 40 heavy (non-hydrogen) atoms. The monoisotopic (exact) mass is 558 g/mol. The van der Waals surface area contributed by atoms with Crippen LogP contribution in [0.25, 0.3) is 11.1 Å². The minimum atomic E-state index is -0.0482. The Bertz CT molecular complexity index is 1560. The van der Waals surface area contributed by atoms with Gasteiger partial charge in [0.15, 0.2) is 0 Å². The number of hydrogen-bond donors (Lipinski definition) is 0. The van der Waals surface area contributed by atoms with Crippen molar-refractivity contribution in [3.05, 3.63) is 108 Å². The summed E-state index contributed by atoms with van der Waals surface area (Å²) in [5.41, 5.74) is 9.17. The third-order valence-electron chi connectivity index (χ3n) is 11.3. The molecule has 2 aliphatic heterocycles. The van der Waals surface area contributed by atoms with Crippen LogP contribution >= 0.6 is 23.5 Å². The second-order valence-corrected chi connectivity index (χ2v) is 14.8. The Morgan fingerprint density at radius 2 is 0.975 bits per heavy atom. The van der Waals surface area contributed by atoms with Crippen LogP contribution < -0.4 is 9.80 Å². The van der Waals surface area contributed by atoms with Gasteiger partial charge in [0.25, 0.3) is 0 Å². The molecule has 3 aliphatic carbocycles. The molecule has 1 spiro atoms. The summed E-state index contributed by atoms with van der Waals surface area (Å²) in [6.45, 7) is 0. The number of fused-ring (bicyclic) bond motifs is 5. The minimum Gasteiger partial charge on any atom is -0.361 e. The second kappa shape index (κ2) is 8.14. The normalized spacial score (nSPS) is 30.4. The molecule has 2 fully saturated rings. The molecule has 4 aromatic carbocycles. The molecule has 0 saturated heterocycles. The highest BCUT2D eigenvalue weighted by Crippen LogP contribution is 2.81. The summed E-state index contributed by atoms with van der Waals surface area (Å²) >= 11 is 4.29. The lowest BCUT2D eigenvalue weighted by Crippen LogP contribution is -2.64. The number of thioether (sulfide) groups is 2. The average molecular weight is 559 g/mol. The van der Waals surface area contributed by atoms with Gasteiger partial charge in [0.05, 0.1) is 22.1 Å². The molecule has 0 amide bonds. The van der Waals surface area contributed by atoms with E-state index >= 15 is 0 Å². The van der Waals surface area contributed by atoms with Crippen molar-refractivity contribution in [2.75, 3.05) is 23.9 Å². The van der Waals surface area contributed by atoms with Crippen LogP contribution in [0.5, 0.6) is 0 Å². The summed E-state index contributed by atoms with van der Waals surface area (Å²) in [5, 5.41) is 0.816. The Hall–Kier alpha value is -2.82. The highest BCUT2D eigenvalue weighted by molar-refractivity contribution is 8.00. The molecule has 200 valence electrons. The van der Waals surface area contributed by atoms with E-state index in [1.54, 1.807) is 11.1 Å². The average Bonchev–Trinajstić information content (AvgIpc) is 3.66. The number of nitrogens with zero attached hydrogens (tertiary/aromatic N) is 2. The predicted octanol–water partition coefficient (Wildman–Crippen LogP) is 9.04. The predicted molar refractivity (Wildman–Crippen MR) is 170 cm³/mol. The summed E-state index contributed by atoms with van der Waals surface area (Å²) in [6, 6.07) is 37.3. The molecule has 9 rings (SSSR count). The van der Waals surface area contributed by atoms with Gasteiger partial charge < -0.3 is 9.80 Å². The molecule has 2 saturated carbocycles. The lowest BCUT2D eigenvalue weighted by molar-refractivity contribution is 0.0274. The van der Waals surface area contributed by atoms with E-state index in [1.807, 2.05) is 0 Å². The van der Waals surface area contributed by atoms with E-state index in [1.165, 1.54) is 64.4 Å². The molecule has 0 radical (unpaired) electrons. The van der Waals surface area contributed by atoms with E-state index in [2.05, 4.69) is 144 Å². The fraction of sp³-hybridized carbons (Fsp3) is 0.333.